The summed E-state index contributed by atoms with van der Waals surface area (Å²) in [5.74, 6) is -0.541. The van der Waals surface area contributed by atoms with Crippen molar-refractivity contribution in [2.45, 2.75) is 0 Å². The van der Waals surface area contributed by atoms with Crippen LogP contribution in [0.1, 0.15) is 10.4 Å². The molecule has 0 radical (unpaired) electrons. The van der Waals surface area contributed by atoms with Crippen molar-refractivity contribution in [3.63, 3.8) is 0 Å². The number of methoxy groups -OCH3 is 2. The number of anilines is 2. The Kier molecular flexibility index (Phi) is 7.37. The van der Waals surface area contributed by atoms with Gasteiger partial charge in [-0.15, -0.1) is 0 Å². The highest BCUT2D eigenvalue weighted by Gasteiger charge is 2.17. The zero-order valence-electron chi connectivity index (χ0n) is 16.8. The summed E-state index contributed by atoms with van der Waals surface area (Å²) >= 11 is 6.09. The fourth-order valence-corrected chi connectivity index (χ4v) is 3.31. The van der Waals surface area contributed by atoms with Gasteiger partial charge in [0.05, 0.1) is 38.0 Å². The molecule has 3 rings (SSSR count). The Morgan fingerprint density at radius 3 is 2.43 bits per heavy atom. The summed E-state index contributed by atoms with van der Waals surface area (Å²) in [5, 5.41) is 2.90. The Bertz CT molecular complexity index is 897. The lowest BCUT2D eigenvalue weighted by Gasteiger charge is -2.28. The highest BCUT2D eigenvalue weighted by atomic mass is 35.5. The Labute approximate surface area is 179 Å². The van der Waals surface area contributed by atoms with Gasteiger partial charge in [-0.05, 0) is 36.4 Å². The van der Waals surface area contributed by atoms with Crippen molar-refractivity contribution in [1.29, 1.82) is 0 Å². The Balaban J connectivity index is 1.54. The monoisotopic (exact) mass is 434 g/mol. The van der Waals surface area contributed by atoms with Crippen molar-refractivity contribution in [2.75, 3.05) is 57.3 Å². The first kappa shape index (κ1) is 21.7. The van der Waals surface area contributed by atoms with Crippen LogP contribution < -0.4 is 19.7 Å². The topological polar surface area (TPSA) is 86.3 Å². The molecule has 0 spiro atoms. The van der Waals surface area contributed by atoms with E-state index in [1.165, 1.54) is 26.4 Å². The number of hydrogen-bond acceptors (Lipinski definition) is 7. The van der Waals surface area contributed by atoms with E-state index in [4.69, 9.17) is 30.5 Å². The molecule has 0 atom stereocenters. The van der Waals surface area contributed by atoms with E-state index in [-0.39, 0.29) is 10.6 Å². The highest BCUT2D eigenvalue weighted by Crippen LogP contribution is 2.36. The maximum absolute atomic E-state index is 12.3. The molecule has 1 heterocycles. The van der Waals surface area contributed by atoms with E-state index in [1.807, 2.05) is 12.1 Å². The summed E-state index contributed by atoms with van der Waals surface area (Å²) in [6, 6.07) is 10.3. The van der Waals surface area contributed by atoms with Crippen LogP contribution in [0.5, 0.6) is 11.5 Å². The third-order valence-corrected chi connectivity index (χ3v) is 4.81. The van der Waals surface area contributed by atoms with Crippen LogP contribution in [-0.2, 0) is 14.3 Å². The summed E-state index contributed by atoms with van der Waals surface area (Å²) in [6.45, 7) is 2.64. The number of benzene rings is 2. The first-order valence-corrected chi connectivity index (χ1v) is 9.71. The molecule has 1 saturated heterocycles. The van der Waals surface area contributed by atoms with E-state index in [9.17, 15) is 9.59 Å². The van der Waals surface area contributed by atoms with Crippen LogP contribution in [0.2, 0.25) is 5.02 Å². The summed E-state index contributed by atoms with van der Waals surface area (Å²) in [7, 11) is 2.88. The van der Waals surface area contributed by atoms with E-state index in [0.29, 0.717) is 30.4 Å². The minimum Gasteiger partial charge on any atom is -0.493 e. The molecule has 0 aromatic heterocycles. The van der Waals surface area contributed by atoms with Crippen molar-refractivity contribution in [1.82, 2.24) is 0 Å². The molecule has 1 aliphatic heterocycles. The second-order valence-corrected chi connectivity index (χ2v) is 6.87. The van der Waals surface area contributed by atoms with Crippen LogP contribution in [0.25, 0.3) is 0 Å². The second kappa shape index (κ2) is 10.2. The molecular weight excluding hydrogens is 412 g/mol. The van der Waals surface area contributed by atoms with Crippen molar-refractivity contribution in [3.05, 3.63) is 47.0 Å². The van der Waals surface area contributed by atoms with Crippen molar-refractivity contribution < 1.29 is 28.5 Å². The van der Waals surface area contributed by atoms with E-state index in [1.54, 1.807) is 12.1 Å². The normalized spacial score (nSPS) is 13.5. The van der Waals surface area contributed by atoms with Gasteiger partial charge in [-0.25, -0.2) is 4.79 Å². The van der Waals surface area contributed by atoms with Gasteiger partial charge < -0.3 is 29.2 Å². The van der Waals surface area contributed by atoms with Gasteiger partial charge in [-0.1, -0.05) is 11.6 Å². The van der Waals surface area contributed by atoms with Crippen LogP contribution in [0.4, 0.5) is 11.4 Å². The molecule has 1 amide bonds. The SMILES string of the molecule is COc1cc(C(=O)OCC(=O)Nc2ccc(N3CCOCC3)cc2)cc(Cl)c1OC. The predicted octanol–water partition coefficient (Wildman–Crippen LogP) is 2.99. The summed E-state index contributed by atoms with van der Waals surface area (Å²) in [5.41, 5.74) is 1.83. The average molecular weight is 435 g/mol. The number of amides is 1. The fourth-order valence-electron chi connectivity index (χ4n) is 3.02. The van der Waals surface area contributed by atoms with Gasteiger partial charge in [0, 0.05) is 24.5 Å². The molecule has 0 bridgehead atoms. The molecule has 1 aliphatic rings. The highest BCUT2D eigenvalue weighted by molar-refractivity contribution is 6.32. The van der Waals surface area contributed by atoms with Crippen LogP contribution in [0.15, 0.2) is 36.4 Å². The first-order valence-electron chi connectivity index (χ1n) is 9.33. The molecule has 9 heteroatoms. The van der Waals surface area contributed by atoms with E-state index in [0.717, 1.165) is 18.8 Å². The van der Waals surface area contributed by atoms with Gasteiger partial charge in [0.1, 0.15) is 0 Å². The third kappa shape index (κ3) is 5.34. The largest absolute Gasteiger partial charge is 0.493 e. The Morgan fingerprint density at radius 1 is 1.10 bits per heavy atom. The number of nitrogens with one attached hydrogen (secondary N) is 1. The molecular formula is C21H23ClN2O6. The van der Waals surface area contributed by atoms with Gasteiger partial charge in [0.2, 0.25) is 0 Å². The molecule has 0 aliphatic carbocycles. The lowest BCUT2D eigenvalue weighted by atomic mass is 10.2. The molecule has 0 unspecified atom stereocenters. The smallest absolute Gasteiger partial charge is 0.338 e. The number of morpholine rings is 1. The molecule has 1 fully saturated rings. The number of esters is 1. The van der Waals surface area contributed by atoms with Gasteiger partial charge in [-0.3, -0.25) is 4.79 Å². The van der Waals surface area contributed by atoms with Crippen molar-refractivity contribution in [2.24, 2.45) is 0 Å². The number of nitrogens with zero attached hydrogens (tertiary/aromatic N) is 1. The van der Waals surface area contributed by atoms with Gasteiger partial charge >= 0.3 is 5.97 Å². The minimum atomic E-state index is -0.698. The molecule has 160 valence electrons. The fraction of sp³-hybridized carbons (Fsp3) is 0.333. The molecule has 30 heavy (non-hydrogen) atoms. The van der Waals surface area contributed by atoms with E-state index >= 15 is 0 Å². The molecule has 2 aromatic rings. The average Bonchev–Trinajstić information content (AvgIpc) is 2.78. The predicted molar refractivity (Wildman–Crippen MR) is 113 cm³/mol. The minimum absolute atomic E-state index is 0.153. The van der Waals surface area contributed by atoms with E-state index in [2.05, 4.69) is 10.2 Å². The standard InChI is InChI=1S/C21H23ClN2O6/c1-27-18-12-14(11-17(22)20(18)28-2)21(26)30-13-19(25)23-15-3-5-16(6-4-15)24-7-9-29-10-8-24/h3-6,11-12H,7-10,13H2,1-2H3,(H,23,25). The van der Waals surface area contributed by atoms with Gasteiger partial charge in [0.25, 0.3) is 5.91 Å². The number of ether oxygens (including phenoxy) is 4. The van der Waals surface area contributed by atoms with Gasteiger partial charge in [-0.2, -0.15) is 0 Å². The molecule has 1 N–H and O–H groups in total. The third-order valence-electron chi connectivity index (χ3n) is 4.53. The first-order chi connectivity index (χ1) is 14.5. The van der Waals surface area contributed by atoms with Crippen molar-refractivity contribution >= 4 is 34.9 Å². The van der Waals surface area contributed by atoms with Crippen molar-refractivity contribution in [3.8, 4) is 11.5 Å². The van der Waals surface area contributed by atoms with Crippen LogP contribution in [0, 0.1) is 0 Å². The summed E-state index contributed by atoms with van der Waals surface area (Å²) in [6.07, 6.45) is 0. The molecule has 0 saturated carbocycles. The van der Waals surface area contributed by atoms with Crippen LogP contribution in [-0.4, -0.2) is 59.0 Å². The van der Waals surface area contributed by atoms with Crippen LogP contribution in [0.3, 0.4) is 0 Å². The van der Waals surface area contributed by atoms with E-state index < -0.39 is 18.5 Å². The lowest BCUT2D eigenvalue weighted by molar-refractivity contribution is -0.119. The maximum Gasteiger partial charge on any atom is 0.338 e. The summed E-state index contributed by atoms with van der Waals surface area (Å²) < 4.78 is 20.7. The molecule has 8 nitrogen and oxygen atoms in total. The number of carbonyl (C=O) groups excluding carboxylic acids is 2. The zero-order chi connectivity index (χ0) is 21.5. The van der Waals surface area contributed by atoms with Gasteiger partial charge in [0.15, 0.2) is 18.1 Å². The Hall–Kier alpha value is -2.97. The quantitative estimate of drug-likeness (QED) is 0.670. The number of carbonyl (C=O) groups is 2. The Morgan fingerprint density at radius 2 is 1.80 bits per heavy atom. The molecule has 2 aromatic carbocycles. The zero-order valence-corrected chi connectivity index (χ0v) is 17.5. The summed E-state index contributed by atoms with van der Waals surface area (Å²) in [4.78, 5) is 26.6. The number of hydrogen-bond donors (Lipinski definition) is 1. The number of halogens is 1. The van der Waals surface area contributed by atoms with Crippen LogP contribution >= 0.6 is 11.6 Å². The number of rotatable bonds is 7. The lowest BCUT2D eigenvalue weighted by Crippen LogP contribution is -2.36. The second-order valence-electron chi connectivity index (χ2n) is 6.46. The maximum atomic E-state index is 12.3.